The van der Waals surface area contributed by atoms with E-state index >= 15 is 0 Å². The molecule has 47 heavy (non-hydrogen) atoms. The van der Waals surface area contributed by atoms with Crippen LogP contribution in [0.3, 0.4) is 0 Å². The molecule has 1 aliphatic rings. The lowest BCUT2D eigenvalue weighted by Gasteiger charge is -2.18. The van der Waals surface area contributed by atoms with Crippen molar-refractivity contribution in [2.24, 2.45) is 11.0 Å². The molecule has 5 aromatic rings. The van der Waals surface area contributed by atoms with Crippen molar-refractivity contribution < 1.29 is 23.1 Å². The van der Waals surface area contributed by atoms with E-state index in [9.17, 15) is 18.4 Å². The molecule has 2 amide bonds. The number of pyridine rings is 1. The van der Waals surface area contributed by atoms with Crippen LogP contribution in [0.5, 0.6) is 5.75 Å². The number of amides is 2. The van der Waals surface area contributed by atoms with Crippen LogP contribution >= 0.6 is 0 Å². The van der Waals surface area contributed by atoms with Gasteiger partial charge in [0.2, 0.25) is 5.91 Å². The van der Waals surface area contributed by atoms with Gasteiger partial charge in [0, 0.05) is 42.6 Å². The number of carbonyl (C=O) groups excluding carboxylic acids is 2. The van der Waals surface area contributed by atoms with Gasteiger partial charge in [0.1, 0.15) is 12.4 Å². The number of carbonyl (C=O) groups is 2. The minimum absolute atomic E-state index is 0.169. The van der Waals surface area contributed by atoms with Crippen LogP contribution < -0.4 is 15.1 Å². The largest absolute Gasteiger partial charge is 0.489 e. The minimum Gasteiger partial charge on any atom is -0.489 e. The van der Waals surface area contributed by atoms with Gasteiger partial charge >= 0.3 is 0 Å². The van der Waals surface area contributed by atoms with Gasteiger partial charge in [0.25, 0.3) is 11.8 Å². The van der Waals surface area contributed by atoms with Crippen LogP contribution in [-0.2, 0) is 28.5 Å². The number of hydrazone groups is 1. The normalized spacial score (nSPS) is 14.6. The first kappa shape index (κ1) is 31.3. The number of para-hydroxylation sites is 1. The van der Waals surface area contributed by atoms with Crippen molar-refractivity contribution in [3.8, 4) is 16.9 Å². The van der Waals surface area contributed by atoms with Crippen LogP contribution in [-0.4, -0.2) is 22.5 Å². The lowest BCUT2D eigenvalue weighted by Crippen LogP contribution is -2.36. The second-order valence-electron chi connectivity index (χ2n) is 11.5. The van der Waals surface area contributed by atoms with E-state index in [1.165, 1.54) is 29.3 Å². The predicted molar refractivity (Wildman–Crippen MR) is 178 cm³/mol. The molecule has 1 atom stereocenters. The molecule has 0 saturated heterocycles. The molecule has 2 heterocycles. The Morgan fingerprint density at radius 1 is 0.894 bits per heavy atom. The second kappa shape index (κ2) is 13.3. The third-order valence-corrected chi connectivity index (χ3v) is 7.85. The van der Waals surface area contributed by atoms with E-state index in [1.54, 1.807) is 19.3 Å². The molecule has 0 radical (unpaired) electrons. The van der Waals surface area contributed by atoms with E-state index in [0.717, 1.165) is 40.5 Å². The highest BCUT2D eigenvalue weighted by molar-refractivity contribution is 6.28. The Bertz CT molecular complexity index is 1940. The number of hydrogen-bond acceptors (Lipinski definition) is 5. The molecular formula is C38H32F2N4O3. The van der Waals surface area contributed by atoms with Gasteiger partial charge in [-0.15, -0.1) is 0 Å². The Balaban J connectivity index is 1.28. The zero-order valence-electron chi connectivity index (χ0n) is 25.9. The molecule has 1 unspecified atom stereocenters. The van der Waals surface area contributed by atoms with Crippen molar-refractivity contribution in [2.75, 3.05) is 10.3 Å². The maximum Gasteiger partial charge on any atom is 0.270 e. The van der Waals surface area contributed by atoms with Gasteiger partial charge < -0.3 is 10.1 Å². The molecular weight excluding hydrogens is 598 g/mol. The van der Waals surface area contributed by atoms with E-state index in [0.29, 0.717) is 18.7 Å². The summed E-state index contributed by atoms with van der Waals surface area (Å²) in [6.07, 6.45) is 3.93. The summed E-state index contributed by atoms with van der Waals surface area (Å²) in [7, 11) is 0. The summed E-state index contributed by atoms with van der Waals surface area (Å²) in [6.45, 7) is 2.81. The quantitative estimate of drug-likeness (QED) is 0.159. The molecule has 6 rings (SSSR count). The Hall–Kier alpha value is -5.70. The third kappa shape index (κ3) is 7.25. The molecule has 1 aliphatic heterocycles. The number of ether oxygens (including phenoxy) is 1. The monoisotopic (exact) mass is 630 g/mol. The van der Waals surface area contributed by atoms with Crippen LogP contribution in [0.4, 0.5) is 20.2 Å². The lowest BCUT2D eigenvalue weighted by molar-refractivity contribution is -0.127. The van der Waals surface area contributed by atoms with Gasteiger partial charge in [-0.25, -0.2) is 8.78 Å². The number of anilines is 2. The molecule has 236 valence electrons. The average Bonchev–Trinajstić information content (AvgIpc) is 3.38. The number of rotatable bonds is 10. The van der Waals surface area contributed by atoms with Crippen LogP contribution in [0, 0.1) is 5.92 Å². The van der Waals surface area contributed by atoms with Crippen molar-refractivity contribution in [1.29, 1.82) is 0 Å². The number of halogens is 2. The standard InChI is InChI=1S/C38H32F2N4O3/c1-25-35(36(45)42-32-15-8-14-31(22-32)38(2,39)40)37(46)44(43-25)33-20-27(19-30(21-33)29-13-9-17-41-23-29)18-28-12-6-7-16-34(28)47-24-26-10-4-3-5-11-26/h3-17,19-23,35H,18,24H2,1-2H3,(H,42,45). The molecule has 9 heteroatoms. The first-order valence-corrected chi connectivity index (χ1v) is 15.1. The van der Waals surface area contributed by atoms with Crippen molar-refractivity contribution in [1.82, 2.24) is 4.98 Å². The van der Waals surface area contributed by atoms with Crippen LogP contribution in [0.2, 0.25) is 0 Å². The second-order valence-corrected chi connectivity index (χ2v) is 11.5. The lowest BCUT2D eigenvalue weighted by atomic mass is 9.98. The molecule has 0 spiro atoms. The molecule has 0 saturated carbocycles. The molecule has 0 aliphatic carbocycles. The summed E-state index contributed by atoms with van der Waals surface area (Å²) in [6, 6.07) is 32.7. The number of aromatic nitrogens is 1. The Morgan fingerprint density at radius 2 is 1.68 bits per heavy atom. The van der Waals surface area contributed by atoms with Crippen molar-refractivity contribution >= 4 is 28.9 Å². The van der Waals surface area contributed by atoms with E-state index in [4.69, 9.17) is 4.74 Å². The molecule has 1 N–H and O–H groups in total. The van der Waals surface area contributed by atoms with Gasteiger partial charge in [-0.2, -0.15) is 10.1 Å². The summed E-state index contributed by atoms with van der Waals surface area (Å²) < 4.78 is 34.0. The number of nitrogens with one attached hydrogen (secondary N) is 1. The zero-order valence-corrected chi connectivity index (χ0v) is 25.9. The highest BCUT2D eigenvalue weighted by Crippen LogP contribution is 2.33. The van der Waals surface area contributed by atoms with E-state index in [2.05, 4.69) is 15.4 Å². The fourth-order valence-corrected chi connectivity index (χ4v) is 5.48. The summed E-state index contributed by atoms with van der Waals surface area (Å²) >= 11 is 0. The van der Waals surface area contributed by atoms with E-state index in [-0.39, 0.29) is 17.0 Å². The minimum atomic E-state index is -3.08. The summed E-state index contributed by atoms with van der Waals surface area (Å²) in [5, 5.41) is 8.33. The highest BCUT2D eigenvalue weighted by Gasteiger charge is 2.40. The van der Waals surface area contributed by atoms with E-state index in [1.807, 2.05) is 84.9 Å². The maximum absolute atomic E-state index is 13.9. The smallest absolute Gasteiger partial charge is 0.270 e. The Labute approximate surface area is 271 Å². The molecule has 1 aromatic heterocycles. The van der Waals surface area contributed by atoms with Gasteiger partial charge in [-0.1, -0.05) is 72.8 Å². The third-order valence-electron chi connectivity index (χ3n) is 7.85. The maximum atomic E-state index is 13.9. The summed E-state index contributed by atoms with van der Waals surface area (Å²) in [4.78, 5) is 31.4. The van der Waals surface area contributed by atoms with E-state index < -0.39 is 23.7 Å². The Morgan fingerprint density at radius 3 is 2.45 bits per heavy atom. The van der Waals surface area contributed by atoms with Crippen LogP contribution in [0.25, 0.3) is 11.1 Å². The Kier molecular flexibility index (Phi) is 8.88. The molecule has 0 bridgehead atoms. The SMILES string of the molecule is CC1=NN(c2cc(Cc3ccccc3OCc3ccccc3)cc(-c3cccnc3)c2)C(=O)C1C(=O)Nc1cccc(C(C)(F)F)c1. The number of hydrogen-bond donors (Lipinski definition) is 1. The van der Waals surface area contributed by atoms with Crippen LogP contribution in [0.1, 0.15) is 36.1 Å². The van der Waals surface area contributed by atoms with Crippen molar-refractivity contribution in [2.45, 2.75) is 32.8 Å². The van der Waals surface area contributed by atoms with Crippen molar-refractivity contribution in [3.63, 3.8) is 0 Å². The zero-order chi connectivity index (χ0) is 33.0. The van der Waals surface area contributed by atoms with Gasteiger partial charge in [0.05, 0.1) is 11.4 Å². The first-order valence-electron chi connectivity index (χ1n) is 15.1. The number of benzene rings is 4. The topological polar surface area (TPSA) is 83.9 Å². The first-order chi connectivity index (χ1) is 22.7. The highest BCUT2D eigenvalue weighted by atomic mass is 19.3. The number of nitrogens with zero attached hydrogens (tertiary/aromatic N) is 3. The average molecular weight is 631 g/mol. The van der Waals surface area contributed by atoms with Gasteiger partial charge in [0.15, 0.2) is 5.92 Å². The molecule has 0 fully saturated rings. The van der Waals surface area contributed by atoms with Crippen molar-refractivity contribution in [3.05, 3.63) is 144 Å². The summed E-state index contributed by atoms with van der Waals surface area (Å²) in [5.41, 5.74) is 5.27. The van der Waals surface area contributed by atoms with Gasteiger partial charge in [-0.05, 0) is 65.6 Å². The summed E-state index contributed by atoms with van der Waals surface area (Å²) in [5.74, 6) is -4.75. The van der Waals surface area contributed by atoms with Gasteiger partial charge in [-0.3, -0.25) is 14.6 Å². The van der Waals surface area contributed by atoms with Crippen LogP contribution in [0.15, 0.2) is 127 Å². The molecule has 4 aromatic carbocycles. The fourth-order valence-electron chi connectivity index (χ4n) is 5.48. The molecule has 7 nitrogen and oxygen atoms in total. The predicted octanol–water partition coefficient (Wildman–Crippen LogP) is 8.01. The fraction of sp³-hybridized carbons (Fsp3) is 0.158. The number of alkyl halides is 2.